The topological polar surface area (TPSA) is 39.7 Å². The SMILES string of the molecule is CSc1ccc(CN2C=CCC3=CN=C(Nc4ccccc4)NC32)cc1. The van der Waals surface area contributed by atoms with Crippen molar-refractivity contribution in [3.8, 4) is 0 Å². The molecule has 132 valence electrons. The van der Waals surface area contributed by atoms with Gasteiger partial charge in [-0.15, -0.1) is 11.8 Å². The van der Waals surface area contributed by atoms with Crippen LogP contribution in [-0.4, -0.2) is 23.3 Å². The minimum absolute atomic E-state index is 0.129. The van der Waals surface area contributed by atoms with Crippen LogP contribution in [0.15, 0.2) is 88.5 Å². The molecule has 2 aromatic rings. The molecule has 1 unspecified atom stereocenters. The van der Waals surface area contributed by atoms with E-state index in [9.17, 15) is 0 Å². The zero-order chi connectivity index (χ0) is 17.8. The van der Waals surface area contributed by atoms with E-state index >= 15 is 0 Å². The van der Waals surface area contributed by atoms with Crippen molar-refractivity contribution in [1.29, 1.82) is 0 Å². The van der Waals surface area contributed by atoms with Gasteiger partial charge in [-0.25, -0.2) is 4.99 Å². The summed E-state index contributed by atoms with van der Waals surface area (Å²) in [6.07, 6.45) is 9.53. The van der Waals surface area contributed by atoms with E-state index in [2.05, 4.69) is 63.3 Å². The summed E-state index contributed by atoms with van der Waals surface area (Å²) in [7, 11) is 0. The third-order valence-electron chi connectivity index (χ3n) is 4.53. The first-order valence-corrected chi connectivity index (χ1v) is 9.95. The monoisotopic (exact) mass is 362 g/mol. The van der Waals surface area contributed by atoms with E-state index in [1.807, 2.05) is 36.5 Å². The molecule has 2 heterocycles. The van der Waals surface area contributed by atoms with Gasteiger partial charge in [0.15, 0.2) is 0 Å². The second-order valence-electron chi connectivity index (χ2n) is 6.33. The molecule has 1 atom stereocenters. The zero-order valence-corrected chi connectivity index (χ0v) is 15.5. The molecular formula is C21H22N4S. The van der Waals surface area contributed by atoms with Gasteiger partial charge in [0.25, 0.3) is 0 Å². The highest BCUT2D eigenvalue weighted by Crippen LogP contribution is 2.24. The van der Waals surface area contributed by atoms with Gasteiger partial charge in [-0.2, -0.15) is 0 Å². The molecule has 26 heavy (non-hydrogen) atoms. The molecule has 4 rings (SSSR count). The molecule has 0 aromatic heterocycles. The highest BCUT2D eigenvalue weighted by Gasteiger charge is 2.26. The third-order valence-corrected chi connectivity index (χ3v) is 5.27. The van der Waals surface area contributed by atoms with Crippen molar-refractivity contribution in [3.05, 3.63) is 84.2 Å². The number of nitrogens with one attached hydrogen (secondary N) is 2. The molecule has 0 aliphatic carbocycles. The molecule has 0 spiro atoms. The van der Waals surface area contributed by atoms with Crippen LogP contribution in [0, 0.1) is 0 Å². The van der Waals surface area contributed by atoms with Crippen LogP contribution < -0.4 is 10.6 Å². The second kappa shape index (κ2) is 7.70. The summed E-state index contributed by atoms with van der Waals surface area (Å²) in [6, 6.07) is 18.9. The van der Waals surface area contributed by atoms with Gasteiger partial charge in [0.05, 0.1) is 0 Å². The molecule has 0 saturated carbocycles. The van der Waals surface area contributed by atoms with Crippen molar-refractivity contribution in [1.82, 2.24) is 10.2 Å². The molecule has 4 nitrogen and oxygen atoms in total. The van der Waals surface area contributed by atoms with Crippen LogP contribution in [0.1, 0.15) is 12.0 Å². The predicted molar refractivity (Wildman–Crippen MR) is 110 cm³/mol. The van der Waals surface area contributed by atoms with Crippen LogP contribution in [-0.2, 0) is 6.54 Å². The van der Waals surface area contributed by atoms with E-state index < -0.39 is 0 Å². The number of thioether (sulfide) groups is 1. The molecule has 0 saturated heterocycles. The number of rotatable bonds is 4. The van der Waals surface area contributed by atoms with Gasteiger partial charge in [-0.05, 0) is 54.3 Å². The molecule has 0 bridgehead atoms. The maximum atomic E-state index is 4.54. The van der Waals surface area contributed by atoms with E-state index in [1.165, 1.54) is 16.0 Å². The fourth-order valence-electron chi connectivity index (χ4n) is 3.16. The maximum absolute atomic E-state index is 4.54. The lowest BCUT2D eigenvalue weighted by Gasteiger charge is -2.38. The number of fused-ring (bicyclic) bond motifs is 1. The Bertz CT molecular complexity index is 840. The number of guanidine groups is 1. The van der Waals surface area contributed by atoms with Crippen molar-refractivity contribution in [2.75, 3.05) is 11.6 Å². The number of hydrogen-bond donors (Lipinski definition) is 2. The first-order chi connectivity index (χ1) is 12.8. The Balaban J connectivity index is 1.48. The summed E-state index contributed by atoms with van der Waals surface area (Å²) in [5.41, 5.74) is 3.61. The van der Waals surface area contributed by atoms with Crippen LogP contribution in [0.2, 0.25) is 0 Å². The van der Waals surface area contributed by atoms with Crippen molar-refractivity contribution in [2.24, 2.45) is 4.99 Å². The predicted octanol–water partition coefficient (Wildman–Crippen LogP) is 4.41. The van der Waals surface area contributed by atoms with E-state index in [0.29, 0.717) is 0 Å². The quantitative estimate of drug-likeness (QED) is 0.791. The number of allylic oxidation sites excluding steroid dienone is 1. The fraction of sp³-hybridized carbons (Fsp3) is 0.190. The lowest BCUT2D eigenvalue weighted by atomic mass is 10.0. The van der Waals surface area contributed by atoms with Crippen molar-refractivity contribution < 1.29 is 0 Å². The Labute approximate surface area is 158 Å². The average molecular weight is 363 g/mol. The largest absolute Gasteiger partial charge is 0.350 e. The third kappa shape index (κ3) is 3.78. The van der Waals surface area contributed by atoms with E-state index in [1.54, 1.807) is 11.8 Å². The Kier molecular flexibility index (Phi) is 4.97. The highest BCUT2D eigenvalue weighted by atomic mass is 32.2. The average Bonchev–Trinajstić information content (AvgIpc) is 2.70. The minimum Gasteiger partial charge on any atom is -0.350 e. The summed E-state index contributed by atoms with van der Waals surface area (Å²) in [5.74, 6) is 0.781. The zero-order valence-electron chi connectivity index (χ0n) is 14.7. The minimum atomic E-state index is 0.129. The molecule has 0 fully saturated rings. The second-order valence-corrected chi connectivity index (χ2v) is 7.21. The normalized spacial score (nSPS) is 18.5. The van der Waals surface area contributed by atoms with E-state index in [0.717, 1.165) is 24.6 Å². The molecule has 0 amide bonds. The Hall–Kier alpha value is -2.66. The highest BCUT2D eigenvalue weighted by molar-refractivity contribution is 7.98. The van der Waals surface area contributed by atoms with Crippen LogP contribution in [0.3, 0.4) is 0 Å². The van der Waals surface area contributed by atoms with E-state index in [-0.39, 0.29) is 6.17 Å². The summed E-state index contributed by atoms with van der Waals surface area (Å²) < 4.78 is 0. The van der Waals surface area contributed by atoms with Gasteiger partial charge in [-0.1, -0.05) is 36.4 Å². The van der Waals surface area contributed by atoms with Gasteiger partial charge in [0.1, 0.15) is 6.17 Å². The first kappa shape index (κ1) is 16.8. The number of para-hydroxylation sites is 1. The van der Waals surface area contributed by atoms with Gasteiger partial charge < -0.3 is 15.5 Å². The Morgan fingerprint density at radius 3 is 2.73 bits per heavy atom. The standard InChI is InChI=1S/C21H22N4S/c1-26-19-11-9-16(10-12-19)15-25-13-5-6-17-14-22-21(24-20(17)25)23-18-7-3-2-4-8-18/h2-5,7-14,20H,6,15H2,1H3,(H2,22,23,24). The summed E-state index contributed by atoms with van der Waals surface area (Å²) >= 11 is 1.77. The van der Waals surface area contributed by atoms with Gasteiger partial charge in [-0.3, -0.25) is 0 Å². The number of benzene rings is 2. The molecule has 2 aliphatic rings. The summed E-state index contributed by atoms with van der Waals surface area (Å²) in [6.45, 7) is 0.860. The molecule has 0 radical (unpaired) electrons. The van der Waals surface area contributed by atoms with Crippen molar-refractivity contribution in [3.63, 3.8) is 0 Å². The first-order valence-electron chi connectivity index (χ1n) is 8.72. The molecule has 2 N–H and O–H groups in total. The number of nitrogens with zero attached hydrogens (tertiary/aromatic N) is 2. The summed E-state index contributed by atoms with van der Waals surface area (Å²) in [4.78, 5) is 8.16. The van der Waals surface area contributed by atoms with Crippen LogP contribution >= 0.6 is 11.8 Å². The lowest BCUT2D eigenvalue weighted by Crippen LogP contribution is -2.51. The van der Waals surface area contributed by atoms with Crippen LogP contribution in [0.4, 0.5) is 5.69 Å². The Morgan fingerprint density at radius 2 is 1.96 bits per heavy atom. The lowest BCUT2D eigenvalue weighted by molar-refractivity contribution is 0.269. The smallest absolute Gasteiger partial charge is 0.202 e. The molecule has 5 heteroatoms. The number of aliphatic imine (C=N–C) groups is 1. The number of anilines is 1. The van der Waals surface area contributed by atoms with Gasteiger partial charge in [0, 0.05) is 23.3 Å². The van der Waals surface area contributed by atoms with Gasteiger partial charge >= 0.3 is 0 Å². The molecular weight excluding hydrogens is 340 g/mol. The van der Waals surface area contributed by atoms with Crippen LogP contribution in [0.5, 0.6) is 0 Å². The molecule has 2 aromatic carbocycles. The summed E-state index contributed by atoms with van der Waals surface area (Å²) in [5, 5.41) is 6.89. The maximum Gasteiger partial charge on any atom is 0.202 e. The number of hydrogen-bond acceptors (Lipinski definition) is 5. The Morgan fingerprint density at radius 1 is 1.15 bits per heavy atom. The van der Waals surface area contributed by atoms with Crippen LogP contribution in [0.25, 0.3) is 0 Å². The van der Waals surface area contributed by atoms with E-state index in [4.69, 9.17) is 0 Å². The van der Waals surface area contributed by atoms with Gasteiger partial charge in [0.2, 0.25) is 5.96 Å². The van der Waals surface area contributed by atoms with Crippen molar-refractivity contribution in [2.45, 2.75) is 24.0 Å². The molecule has 2 aliphatic heterocycles. The fourth-order valence-corrected chi connectivity index (χ4v) is 3.57. The van der Waals surface area contributed by atoms with Crippen molar-refractivity contribution >= 4 is 23.4 Å².